The van der Waals surface area contributed by atoms with Gasteiger partial charge in [0.15, 0.2) is 0 Å². The number of aliphatic hydroxyl groups excluding tert-OH is 1. The van der Waals surface area contributed by atoms with Crippen LogP contribution in [0.5, 0.6) is 5.75 Å². The number of rotatable bonds is 5. The fraction of sp³-hybridized carbons (Fsp3) is 0.143. The Morgan fingerprint density at radius 1 is 1.24 bits per heavy atom. The Morgan fingerprint density at radius 3 is 2.57 bits per heavy atom. The van der Waals surface area contributed by atoms with E-state index in [-0.39, 0.29) is 22.9 Å². The van der Waals surface area contributed by atoms with E-state index in [0.29, 0.717) is 10.6 Å². The molecule has 0 aliphatic carbocycles. The predicted octanol–water partition coefficient (Wildman–Crippen LogP) is 2.64. The van der Waals surface area contributed by atoms with Gasteiger partial charge in [-0.2, -0.15) is 0 Å². The van der Waals surface area contributed by atoms with Crippen LogP contribution in [-0.4, -0.2) is 20.6 Å². The lowest BCUT2D eigenvalue weighted by Gasteiger charge is -2.13. The van der Waals surface area contributed by atoms with E-state index < -0.39 is 10.0 Å². The van der Waals surface area contributed by atoms with Crippen LogP contribution in [-0.2, 0) is 16.6 Å². The number of hydrogen-bond acceptors (Lipinski definition) is 4. The second-order valence-electron chi connectivity index (χ2n) is 4.23. The number of benzene rings is 2. The fourth-order valence-electron chi connectivity index (χ4n) is 1.78. The molecule has 7 heteroatoms. The van der Waals surface area contributed by atoms with Gasteiger partial charge in [0, 0.05) is 0 Å². The van der Waals surface area contributed by atoms with E-state index in [1.54, 1.807) is 24.3 Å². The summed E-state index contributed by atoms with van der Waals surface area (Å²) >= 11 is 5.95. The maximum absolute atomic E-state index is 12.4. The van der Waals surface area contributed by atoms with Crippen LogP contribution in [0.15, 0.2) is 47.4 Å². The Morgan fingerprint density at radius 2 is 1.95 bits per heavy atom. The molecule has 0 fully saturated rings. The molecule has 0 aliphatic rings. The lowest BCUT2D eigenvalue weighted by atomic mass is 10.2. The molecule has 2 aromatic carbocycles. The van der Waals surface area contributed by atoms with Gasteiger partial charge in [0.1, 0.15) is 10.6 Å². The summed E-state index contributed by atoms with van der Waals surface area (Å²) in [7, 11) is -2.48. The molecule has 0 saturated carbocycles. The molecule has 2 rings (SSSR count). The van der Waals surface area contributed by atoms with E-state index in [9.17, 15) is 8.42 Å². The van der Waals surface area contributed by atoms with Crippen LogP contribution in [0.2, 0.25) is 5.02 Å². The van der Waals surface area contributed by atoms with Crippen LogP contribution >= 0.6 is 11.6 Å². The van der Waals surface area contributed by atoms with Crippen LogP contribution in [0.1, 0.15) is 5.56 Å². The van der Waals surface area contributed by atoms with E-state index in [1.165, 1.54) is 25.3 Å². The minimum absolute atomic E-state index is 0.0258. The van der Waals surface area contributed by atoms with Crippen LogP contribution < -0.4 is 9.46 Å². The van der Waals surface area contributed by atoms with Gasteiger partial charge >= 0.3 is 0 Å². The van der Waals surface area contributed by atoms with Gasteiger partial charge in [-0.1, -0.05) is 29.8 Å². The van der Waals surface area contributed by atoms with Crippen LogP contribution in [0.4, 0.5) is 5.69 Å². The summed E-state index contributed by atoms with van der Waals surface area (Å²) in [5.41, 5.74) is 0.844. The van der Waals surface area contributed by atoms with Crippen molar-refractivity contribution in [1.82, 2.24) is 0 Å². The van der Waals surface area contributed by atoms with Crippen molar-refractivity contribution in [1.29, 1.82) is 0 Å². The highest BCUT2D eigenvalue weighted by atomic mass is 35.5. The molecule has 0 saturated heterocycles. The molecule has 0 heterocycles. The molecule has 0 atom stereocenters. The van der Waals surface area contributed by atoms with Crippen LogP contribution in [0, 0.1) is 0 Å². The molecule has 0 radical (unpaired) electrons. The van der Waals surface area contributed by atoms with Crippen molar-refractivity contribution in [3.63, 3.8) is 0 Å². The summed E-state index contributed by atoms with van der Waals surface area (Å²) in [6.45, 7) is -0.200. The smallest absolute Gasteiger partial charge is 0.265 e. The van der Waals surface area contributed by atoms with Gasteiger partial charge in [-0.25, -0.2) is 8.42 Å². The van der Waals surface area contributed by atoms with Crippen molar-refractivity contribution in [2.24, 2.45) is 0 Å². The molecule has 0 bridgehead atoms. The summed E-state index contributed by atoms with van der Waals surface area (Å²) in [5, 5.41) is 9.38. The molecule has 2 N–H and O–H groups in total. The minimum Gasteiger partial charge on any atom is -0.495 e. The van der Waals surface area contributed by atoms with Crippen LogP contribution in [0.25, 0.3) is 0 Å². The number of sulfonamides is 1. The quantitative estimate of drug-likeness (QED) is 0.885. The number of methoxy groups -OCH3 is 1. The van der Waals surface area contributed by atoms with Crippen LogP contribution in [0.3, 0.4) is 0 Å². The van der Waals surface area contributed by atoms with Gasteiger partial charge in [-0.3, -0.25) is 4.72 Å². The van der Waals surface area contributed by atoms with Crippen molar-refractivity contribution in [3.05, 3.63) is 53.1 Å². The maximum atomic E-state index is 12.4. The molecular weight excluding hydrogens is 314 g/mol. The Hall–Kier alpha value is -1.76. The topological polar surface area (TPSA) is 75.6 Å². The molecule has 112 valence electrons. The minimum atomic E-state index is -3.84. The normalized spacial score (nSPS) is 11.2. The highest BCUT2D eigenvalue weighted by Crippen LogP contribution is 2.29. The van der Waals surface area contributed by atoms with Crippen molar-refractivity contribution >= 4 is 27.3 Å². The van der Waals surface area contributed by atoms with Crippen molar-refractivity contribution in [3.8, 4) is 5.75 Å². The van der Waals surface area contributed by atoms with E-state index in [1.807, 2.05) is 0 Å². The first-order valence-electron chi connectivity index (χ1n) is 6.03. The average molecular weight is 328 g/mol. The molecule has 0 aromatic heterocycles. The van der Waals surface area contributed by atoms with Gasteiger partial charge in [0.25, 0.3) is 10.0 Å². The van der Waals surface area contributed by atoms with Gasteiger partial charge in [-0.15, -0.1) is 0 Å². The number of aliphatic hydroxyl groups is 1. The highest BCUT2D eigenvalue weighted by molar-refractivity contribution is 7.92. The molecular formula is C14H14ClNO4S. The van der Waals surface area contributed by atoms with Crippen molar-refractivity contribution < 1.29 is 18.3 Å². The first kappa shape index (κ1) is 15.6. The molecule has 2 aromatic rings. The monoisotopic (exact) mass is 327 g/mol. The Labute approximate surface area is 128 Å². The average Bonchev–Trinajstić information content (AvgIpc) is 2.48. The third-order valence-electron chi connectivity index (χ3n) is 2.82. The zero-order valence-electron chi connectivity index (χ0n) is 11.2. The molecule has 0 unspecified atom stereocenters. The van der Waals surface area contributed by atoms with E-state index in [4.69, 9.17) is 21.4 Å². The Kier molecular flexibility index (Phi) is 4.72. The van der Waals surface area contributed by atoms with Gasteiger partial charge in [0.05, 0.1) is 24.4 Å². The molecule has 21 heavy (non-hydrogen) atoms. The lowest BCUT2D eigenvalue weighted by molar-refractivity contribution is 0.280. The zero-order valence-corrected chi connectivity index (χ0v) is 12.8. The summed E-state index contributed by atoms with van der Waals surface area (Å²) in [6, 6.07) is 10.9. The second-order valence-corrected chi connectivity index (χ2v) is 6.29. The maximum Gasteiger partial charge on any atom is 0.265 e. The molecule has 5 nitrogen and oxygen atoms in total. The number of hydrogen-bond donors (Lipinski definition) is 2. The Bertz CT molecular complexity index is 746. The second kappa shape index (κ2) is 6.34. The van der Waals surface area contributed by atoms with E-state index >= 15 is 0 Å². The molecule has 0 amide bonds. The number of anilines is 1. The van der Waals surface area contributed by atoms with E-state index in [2.05, 4.69) is 4.72 Å². The van der Waals surface area contributed by atoms with Gasteiger partial charge in [-0.05, 0) is 29.8 Å². The first-order chi connectivity index (χ1) is 9.97. The first-order valence-corrected chi connectivity index (χ1v) is 7.89. The van der Waals surface area contributed by atoms with Crippen molar-refractivity contribution in [2.45, 2.75) is 11.5 Å². The summed E-state index contributed by atoms with van der Waals surface area (Å²) in [4.78, 5) is -0.0258. The van der Waals surface area contributed by atoms with Crippen molar-refractivity contribution in [2.75, 3.05) is 11.8 Å². The number of halogens is 1. The summed E-state index contributed by atoms with van der Waals surface area (Å²) < 4.78 is 32.3. The SMILES string of the molecule is COc1cc(CO)ccc1S(=O)(=O)Nc1ccccc1Cl. The summed E-state index contributed by atoms with van der Waals surface area (Å²) in [5.74, 6) is 0.154. The number of ether oxygens (including phenoxy) is 1. The zero-order chi connectivity index (χ0) is 15.5. The predicted molar refractivity (Wildman–Crippen MR) is 81.2 cm³/mol. The fourth-order valence-corrected chi connectivity index (χ4v) is 3.25. The highest BCUT2D eigenvalue weighted by Gasteiger charge is 2.20. The van der Waals surface area contributed by atoms with Gasteiger partial charge < -0.3 is 9.84 Å². The molecule has 0 aliphatic heterocycles. The Balaban J connectivity index is 2.42. The summed E-state index contributed by atoms with van der Waals surface area (Å²) in [6.07, 6.45) is 0. The third-order valence-corrected chi connectivity index (χ3v) is 4.55. The lowest BCUT2D eigenvalue weighted by Crippen LogP contribution is -2.14. The largest absolute Gasteiger partial charge is 0.495 e. The number of para-hydroxylation sites is 1. The van der Waals surface area contributed by atoms with E-state index in [0.717, 1.165) is 0 Å². The standard InChI is InChI=1S/C14H14ClNO4S/c1-20-13-8-10(9-17)6-7-14(13)21(18,19)16-12-5-3-2-4-11(12)15/h2-8,16-17H,9H2,1H3. The van der Waals surface area contributed by atoms with Gasteiger partial charge in [0.2, 0.25) is 0 Å². The molecule has 0 spiro atoms. The number of nitrogens with one attached hydrogen (secondary N) is 1. The third kappa shape index (κ3) is 3.47.